The van der Waals surface area contributed by atoms with Gasteiger partial charge in [-0.15, -0.1) is 0 Å². The number of hydrogen-bond donors (Lipinski definition) is 1. The normalized spacial score (nSPS) is 23.2. The maximum absolute atomic E-state index is 13.3. The van der Waals surface area contributed by atoms with Gasteiger partial charge >= 0.3 is 6.18 Å². The quantitative estimate of drug-likeness (QED) is 0.845. The molecule has 2 fully saturated rings. The van der Waals surface area contributed by atoms with Crippen molar-refractivity contribution in [2.45, 2.75) is 11.1 Å². The summed E-state index contributed by atoms with van der Waals surface area (Å²) in [5.41, 5.74) is -1.00. The lowest BCUT2D eigenvalue weighted by atomic mass is 9.76. The average molecular weight is 308 g/mol. The van der Waals surface area contributed by atoms with Gasteiger partial charge in [-0.1, -0.05) is 0 Å². The van der Waals surface area contributed by atoms with Gasteiger partial charge in [0.2, 0.25) is 0 Å². The van der Waals surface area contributed by atoms with Gasteiger partial charge in [0.25, 0.3) is 0 Å². The summed E-state index contributed by atoms with van der Waals surface area (Å²) < 4.78 is 64.8. The number of benzene rings is 1. The molecule has 0 radical (unpaired) electrons. The first-order valence-corrected chi connectivity index (χ1v) is 7.15. The predicted molar refractivity (Wildman–Crippen MR) is 64.7 cm³/mol. The molecule has 3 rings (SSSR count). The molecular weight excluding hydrogens is 296 g/mol. The molecule has 20 heavy (non-hydrogen) atoms. The molecule has 1 unspecified atom stereocenters. The van der Waals surface area contributed by atoms with E-state index in [-0.39, 0.29) is 10.3 Å². The molecule has 110 valence electrons. The molecule has 1 aromatic rings. The molecule has 1 spiro atoms. The van der Waals surface area contributed by atoms with Crippen molar-refractivity contribution in [2.24, 2.45) is 5.41 Å². The summed E-state index contributed by atoms with van der Waals surface area (Å²) in [5, 5.41) is 3.11. The monoisotopic (exact) mass is 308 g/mol. The second-order valence-corrected chi connectivity index (χ2v) is 6.81. The van der Waals surface area contributed by atoms with Crippen LogP contribution in [0.25, 0.3) is 0 Å². The Morgan fingerprint density at radius 2 is 1.85 bits per heavy atom. The molecule has 0 aliphatic carbocycles. The van der Waals surface area contributed by atoms with Gasteiger partial charge in [0.15, 0.2) is 0 Å². The van der Waals surface area contributed by atoms with Crippen molar-refractivity contribution in [1.29, 1.82) is 0 Å². The first-order valence-electron chi connectivity index (χ1n) is 6.05. The third-order valence-corrected chi connectivity index (χ3v) is 5.02. The lowest BCUT2D eigenvalue weighted by Gasteiger charge is -2.55. The Labute approximate surface area is 115 Å². The number of halogens is 4. The summed E-state index contributed by atoms with van der Waals surface area (Å²) in [7, 11) is -1.75. The Morgan fingerprint density at radius 1 is 1.20 bits per heavy atom. The number of alkyl halides is 3. The van der Waals surface area contributed by atoms with Crippen LogP contribution < -0.4 is 5.32 Å². The summed E-state index contributed by atoms with van der Waals surface area (Å²) in [5.74, 6) is -1.02. The van der Waals surface area contributed by atoms with E-state index < -0.39 is 28.5 Å². The van der Waals surface area contributed by atoms with Crippen LogP contribution in [0.5, 0.6) is 0 Å². The molecule has 2 saturated heterocycles. The number of nitrogens with one attached hydrogen (secondary N) is 1. The zero-order valence-electron chi connectivity index (χ0n) is 10.3. The molecule has 1 aromatic carbocycles. The van der Waals surface area contributed by atoms with Crippen LogP contribution in [0.2, 0.25) is 0 Å². The smallest absolute Gasteiger partial charge is 0.315 e. The van der Waals surface area contributed by atoms with Crippen LogP contribution in [-0.4, -0.2) is 34.7 Å². The molecule has 2 aliphatic heterocycles. The Bertz CT molecular complexity index is 563. The molecule has 0 aromatic heterocycles. The molecule has 2 heterocycles. The summed E-state index contributed by atoms with van der Waals surface area (Å²) >= 11 is 0. The minimum Gasteiger partial charge on any atom is -0.315 e. The fourth-order valence-electron chi connectivity index (χ4n) is 2.50. The second kappa shape index (κ2) is 4.51. The predicted octanol–water partition coefficient (Wildman–Crippen LogP) is 1.77. The van der Waals surface area contributed by atoms with Gasteiger partial charge in [-0.25, -0.2) is 12.9 Å². The SMILES string of the molecule is O=S(c1cc(F)cc(C(F)(F)F)c1)N1CC2(CNC2)C1. The van der Waals surface area contributed by atoms with Crippen molar-refractivity contribution < 1.29 is 21.8 Å². The zero-order valence-corrected chi connectivity index (χ0v) is 11.2. The molecule has 8 heteroatoms. The lowest BCUT2D eigenvalue weighted by Crippen LogP contribution is -2.71. The minimum absolute atomic E-state index is 0.107. The van der Waals surface area contributed by atoms with Gasteiger partial charge in [-0.2, -0.15) is 13.2 Å². The standard InChI is InChI=1S/C12H12F4N2OS/c13-9-1-8(12(14,15)16)2-10(3-9)20(19)18-6-11(7-18)4-17-5-11/h1-3,17H,4-7H2. The Kier molecular flexibility index (Phi) is 3.15. The summed E-state index contributed by atoms with van der Waals surface area (Å²) in [6.07, 6.45) is -4.64. The number of nitrogens with zero attached hydrogens (tertiary/aromatic N) is 1. The maximum atomic E-state index is 13.3. The molecule has 2 aliphatic rings. The molecular formula is C12H12F4N2OS. The van der Waals surface area contributed by atoms with Crippen LogP contribution in [0, 0.1) is 11.2 Å². The highest BCUT2D eigenvalue weighted by molar-refractivity contribution is 7.82. The van der Waals surface area contributed by atoms with Crippen molar-refractivity contribution in [3.05, 3.63) is 29.6 Å². The van der Waals surface area contributed by atoms with E-state index in [9.17, 15) is 21.8 Å². The highest BCUT2D eigenvalue weighted by Gasteiger charge is 2.49. The van der Waals surface area contributed by atoms with Gasteiger partial charge in [0.05, 0.1) is 10.5 Å². The largest absolute Gasteiger partial charge is 0.416 e. The van der Waals surface area contributed by atoms with Gasteiger partial charge in [-0.05, 0) is 18.2 Å². The third kappa shape index (κ3) is 2.36. The van der Waals surface area contributed by atoms with E-state index in [0.717, 1.165) is 25.2 Å². The van der Waals surface area contributed by atoms with Crippen molar-refractivity contribution in [2.75, 3.05) is 26.2 Å². The van der Waals surface area contributed by atoms with Gasteiger partial charge < -0.3 is 5.32 Å². The van der Waals surface area contributed by atoms with Crippen molar-refractivity contribution >= 4 is 11.0 Å². The third-order valence-electron chi connectivity index (χ3n) is 3.66. The van der Waals surface area contributed by atoms with Crippen LogP contribution >= 0.6 is 0 Å². The fourth-order valence-corrected chi connectivity index (χ4v) is 4.02. The maximum Gasteiger partial charge on any atom is 0.416 e. The fraction of sp³-hybridized carbons (Fsp3) is 0.500. The molecule has 3 nitrogen and oxygen atoms in total. The van der Waals surface area contributed by atoms with E-state index in [1.807, 2.05) is 0 Å². The highest BCUT2D eigenvalue weighted by atomic mass is 32.2. The van der Waals surface area contributed by atoms with Crippen molar-refractivity contribution in [1.82, 2.24) is 9.62 Å². The van der Waals surface area contributed by atoms with Crippen LogP contribution in [-0.2, 0) is 17.2 Å². The van der Waals surface area contributed by atoms with Gasteiger partial charge in [0.1, 0.15) is 16.8 Å². The molecule has 0 saturated carbocycles. The number of rotatable bonds is 2. The number of hydrogen-bond acceptors (Lipinski definition) is 2. The minimum atomic E-state index is -4.64. The van der Waals surface area contributed by atoms with Crippen molar-refractivity contribution in [3.8, 4) is 0 Å². The molecule has 0 amide bonds. The first kappa shape index (κ1) is 14.0. The molecule has 0 bridgehead atoms. The molecule has 1 atom stereocenters. The van der Waals surface area contributed by atoms with Gasteiger partial charge in [0, 0.05) is 31.6 Å². The molecule has 1 N–H and O–H groups in total. The second-order valence-electron chi connectivity index (χ2n) is 5.32. The topological polar surface area (TPSA) is 32.3 Å². The van der Waals surface area contributed by atoms with Crippen LogP contribution in [0.15, 0.2) is 23.1 Å². The Hall–Kier alpha value is -0.990. The first-order chi connectivity index (χ1) is 9.29. The van der Waals surface area contributed by atoms with Crippen LogP contribution in [0.3, 0.4) is 0 Å². The van der Waals surface area contributed by atoms with Gasteiger partial charge in [-0.3, -0.25) is 0 Å². The van der Waals surface area contributed by atoms with E-state index in [0.29, 0.717) is 19.2 Å². The Morgan fingerprint density at radius 3 is 2.35 bits per heavy atom. The highest BCUT2D eigenvalue weighted by Crippen LogP contribution is 2.37. The van der Waals surface area contributed by atoms with E-state index in [2.05, 4.69) is 5.32 Å². The van der Waals surface area contributed by atoms with E-state index in [1.54, 1.807) is 4.31 Å². The summed E-state index contributed by atoms with van der Waals surface area (Å²) in [4.78, 5) is -0.139. The van der Waals surface area contributed by atoms with E-state index in [1.165, 1.54) is 0 Å². The summed E-state index contributed by atoms with van der Waals surface area (Å²) in [6.45, 7) is 2.78. The lowest BCUT2D eigenvalue weighted by molar-refractivity contribution is -0.137. The zero-order chi connectivity index (χ0) is 14.5. The summed E-state index contributed by atoms with van der Waals surface area (Å²) in [6, 6.07) is 2.06. The van der Waals surface area contributed by atoms with Crippen LogP contribution in [0.4, 0.5) is 17.6 Å². The van der Waals surface area contributed by atoms with Crippen LogP contribution in [0.1, 0.15) is 5.56 Å². The van der Waals surface area contributed by atoms with Crippen molar-refractivity contribution in [3.63, 3.8) is 0 Å². The van der Waals surface area contributed by atoms with E-state index >= 15 is 0 Å². The Balaban J connectivity index is 1.80. The average Bonchev–Trinajstić information content (AvgIpc) is 2.22. The van der Waals surface area contributed by atoms with E-state index in [4.69, 9.17) is 0 Å².